The van der Waals surface area contributed by atoms with Gasteiger partial charge in [-0.25, -0.2) is 0 Å². The first kappa shape index (κ1) is 105. The average Bonchev–Trinajstić information content (AvgIpc) is 1.59. The zero-order valence-electron chi connectivity index (χ0n) is 76.9. The summed E-state index contributed by atoms with van der Waals surface area (Å²) in [5.74, 6) is -16.6. The Bertz CT molecular complexity index is 5150. The van der Waals surface area contributed by atoms with Crippen molar-refractivity contribution in [2.24, 2.45) is 23.1 Å². The molecule has 0 bridgehead atoms. The van der Waals surface area contributed by atoms with Gasteiger partial charge >= 0.3 is 0 Å². The number of H-pyrrole nitrogens is 2. The van der Waals surface area contributed by atoms with E-state index in [2.05, 4.69) is 68.5 Å². The van der Waals surface area contributed by atoms with Gasteiger partial charge in [-0.15, -0.1) is 23.1 Å². The molecule has 726 valence electrons. The number of carbonyl (C=O) groups excluding carboxylic acids is 17. The molecule has 6 heterocycles. The Labute approximate surface area is 785 Å². The van der Waals surface area contributed by atoms with Gasteiger partial charge in [0.25, 0.3) is 0 Å². The average molecular weight is 1890 g/mol. The summed E-state index contributed by atoms with van der Waals surface area (Å²) < 4.78 is 0.832. The van der Waals surface area contributed by atoms with Crippen molar-refractivity contribution in [1.29, 1.82) is 5.41 Å². The summed E-state index contributed by atoms with van der Waals surface area (Å²) in [6.45, 7) is 6.83. The molecule has 40 nitrogen and oxygen atoms in total. The molecule has 3 saturated heterocycles. The number of hydrogen-bond donors (Lipinski definition) is 18. The van der Waals surface area contributed by atoms with Gasteiger partial charge in [-0.3, -0.25) is 86.9 Å². The third kappa shape index (κ3) is 29.3. The van der Waals surface area contributed by atoms with E-state index < -0.39 is 222 Å². The second-order valence-corrected chi connectivity index (χ2v) is 36.5. The molecule has 14 atom stereocenters. The number of unbranched alkanes of at least 4 members (excludes halogenated alkanes) is 2. The predicted molar refractivity (Wildman–Crippen MR) is 502 cm³/mol. The number of nitrogens with one attached hydrogen (secondary N) is 14. The molecule has 6 aromatic rings. The molecular formula is C92H128N22O18S2. The number of rotatable bonds is 26. The smallest absolute Gasteiger partial charge is 0.246 e. The number of aromatic nitrogens is 2. The molecule has 3 aliphatic heterocycles. The second-order valence-electron chi connectivity index (χ2n) is 34.6. The summed E-state index contributed by atoms with van der Waals surface area (Å²) in [6, 6.07) is 5.54. The number of para-hydroxylation sites is 1. The van der Waals surface area contributed by atoms with Gasteiger partial charge in [0.15, 0.2) is 5.96 Å². The summed E-state index contributed by atoms with van der Waals surface area (Å²) in [6.07, 6.45) is 3.94. The van der Waals surface area contributed by atoms with Crippen molar-refractivity contribution in [3.8, 4) is 0 Å². The normalized spacial score (nSPS) is 24.3. The Balaban J connectivity index is 1.09. The minimum Gasteiger partial charge on any atom is -0.394 e. The van der Waals surface area contributed by atoms with E-state index in [4.69, 9.17) is 22.6 Å². The van der Waals surface area contributed by atoms with Crippen molar-refractivity contribution in [1.82, 2.24) is 93.0 Å². The highest BCUT2D eigenvalue weighted by Crippen LogP contribution is 2.30. The standard InChI is InChI=1S/C92H128N22O18S2/c1-9-11-31-70-84(125)102-61(30-21-37-98-92(95)96)80(121)109-69(79(120)100-47-76(94)117)50-133-51-77(118)101-65(41-54-24-14-13-15-25-54)87(128)110(6)53(5)78(119)105-67(45-75(93)116)90(131)114-39-23-34-72(114)86(127)104-63(44-57-26-20-36-97-57)82(123)106-64(40-52(3)4)89(130)113-38-22-33-71(113)85(126)103-62(42-55-46-99-60-29-18-16-27-58(55)60)81(122)108-68(48-115)83(124)107-66(43-56-49-134-74-35-19-17-28-59(56)74)88(129)112(8)73(32-12-10-2)91(132)111(70)7/h13-20,24-29,35-36,46,49,52-53,61-73,97,99,115H,9-12,21-23,30-34,37-45,47-48,50-51H2,1-8H3,(H2,93,116)(H2,94,117)(H,100,120)(H,101,118)(H,102,125)(H,103,126)(H,104,127)(H,105,119)(H,106,123)(H,107,124)(H,108,122)(H,109,121)(H4,95,96,98)/t53-,61-,62-,63-,64-,65-,66-,67-,68-,69-,70-,71-,72-,73-/m0/s1. The predicted octanol–water partition coefficient (Wildman–Crippen LogP) is -0.267. The van der Waals surface area contributed by atoms with Crippen LogP contribution in [-0.4, -0.2) is 296 Å². The number of guanidine groups is 1. The van der Waals surface area contributed by atoms with Gasteiger partial charge in [0.05, 0.1) is 25.3 Å². The van der Waals surface area contributed by atoms with Crippen LogP contribution in [0, 0.1) is 11.3 Å². The Hall–Kier alpha value is -13.0. The lowest BCUT2D eigenvalue weighted by atomic mass is 10.00. The number of likely N-dealkylation sites (N-methyl/N-ethyl adjacent to an activating group) is 3. The summed E-state index contributed by atoms with van der Waals surface area (Å²) in [5, 5.41) is 51.9. The fourth-order valence-corrected chi connectivity index (χ4v) is 18.6. The van der Waals surface area contributed by atoms with Crippen LogP contribution in [0.4, 0.5) is 0 Å². The molecule has 0 saturated carbocycles. The van der Waals surface area contributed by atoms with Gasteiger partial charge in [-0.05, 0) is 122 Å². The maximum absolute atomic E-state index is 15.8. The molecule has 3 aromatic carbocycles. The number of primary amides is 2. The third-order valence-corrected chi connectivity index (χ3v) is 26.2. The van der Waals surface area contributed by atoms with Crippen LogP contribution in [-0.2, 0) is 107 Å². The van der Waals surface area contributed by atoms with Gasteiger partial charge < -0.3 is 115 Å². The zero-order valence-corrected chi connectivity index (χ0v) is 78.5. The first-order valence-corrected chi connectivity index (χ1v) is 47.4. The van der Waals surface area contributed by atoms with Crippen LogP contribution >= 0.6 is 23.1 Å². The van der Waals surface area contributed by atoms with E-state index in [1.807, 2.05) is 51.3 Å². The number of fused-ring (bicyclic) bond motifs is 4. The molecular weight excluding hydrogens is 1770 g/mol. The number of amides is 17. The first-order valence-electron chi connectivity index (χ1n) is 45.4. The summed E-state index contributed by atoms with van der Waals surface area (Å²) in [7, 11) is 4.01. The van der Waals surface area contributed by atoms with E-state index in [1.54, 1.807) is 85.2 Å². The van der Waals surface area contributed by atoms with Crippen LogP contribution in [0.15, 0.2) is 109 Å². The van der Waals surface area contributed by atoms with Gasteiger partial charge in [-0.2, -0.15) is 0 Å². The van der Waals surface area contributed by atoms with Crippen LogP contribution in [0.25, 0.3) is 21.0 Å². The van der Waals surface area contributed by atoms with Gasteiger partial charge in [0, 0.05) is 106 Å². The number of aromatic amines is 2. The van der Waals surface area contributed by atoms with Crippen molar-refractivity contribution < 1.29 is 86.6 Å². The van der Waals surface area contributed by atoms with E-state index in [1.165, 1.54) is 54.1 Å². The molecule has 42 heteroatoms. The van der Waals surface area contributed by atoms with E-state index in [-0.39, 0.29) is 109 Å². The third-order valence-electron chi connectivity index (χ3n) is 24.2. The fourth-order valence-electron chi connectivity index (χ4n) is 16.8. The topological polar surface area (TPSA) is 592 Å². The van der Waals surface area contributed by atoms with E-state index in [0.717, 1.165) is 31.6 Å². The van der Waals surface area contributed by atoms with Crippen LogP contribution in [0.3, 0.4) is 0 Å². The lowest BCUT2D eigenvalue weighted by molar-refractivity contribution is -0.149. The molecule has 21 N–H and O–H groups in total. The van der Waals surface area contributed by atoms with E-state index in [9.17, 15) is 48.3 Å². The number of aliphatic hydroxyl groups excluding tert-OH is 1. The lowest BCUT2D eigenvalue weighted by Gasteiger charge is -2.36. The maximum atomic E-state index is 15.8. The molecule has 0 radical (unpaired) electrons. The van der Waals surface area contributed by atoms with Crippen molar-refractivity contribution in [2.45, 2.75) is 235 Å². The van der Waals surface area contributed by atoms with Crippen LogP contribution in [0.1, 0.15) is 147 Å². The minimum absolute atomic E-state index is 0.00496. The maximum Gasteiger partial charge on any atom is 0.246 e. The molecule has 17 amide bonds. The van der Waals surface area contributed by atoms with Crippen LogP contribution in [0.2, 0.25) is 0 Å². The Kier molecular flexibility index (Phi) is 39.7. The quantitative estimate of drug-likeness (QED) is 0.0189. The van der Waals surface area contributed by atoms with Crippen molar-refractivity contribution in [3.63, 3.8) is 0 Å². The van der Waals surface area contributed by atoms with Crippen LogP contribution in [0.5, 0.6) is 0 Å². The number of hydrogen-bond acceptors (Lipinski definition) is 21. The number of benzene rings is 3. The van der Waals surface area contributed by atoms with Crippen molar-refractivity contribution in [3.05, 3.63) is 131 Å². The molecule has 134 heavy (non-hydrogen) atoms. The largest absolute Gasteiger partial charge is 0.394 e. The highest BCUT2D eigenvalue weighted by molar-refractivity contribution is 8.00. The molecule has 0 unspecified atom stereocenters. The molecule has 9 rings (SSSR count). The van der Waals surface area contributed by atoms with Crippen LogP contribution < -0.4 is 75.7 Å². The van der Waals surface area contributed by atoms with E-state index >= 15 is 38.4 Å². The van der Waals surface area contributed by atoms with Crippen molar-refractivity contribution >= 4 is 150 Å². The SMILES string of the molecule is CCCC[C@H]1C(=O)N(C)[C@@H](CCCC)C(=O)N[C@@H](CCCNC(=N)N)C(=O)N[C@H](C(=O)NCC(N)=O)CSCC(=O)N[C@@H](Cc2ccccc2)C(=O)N(C)[C@@H](C)C(=O)N[C@@H](CC(N)=O)C(=O)N2CCC[C@H]2C(=O)N[C@@H](Cc2ccc[nH]2)C(=O)N[C@@H](CC(C)C)C(=O)N2CCC[C@H]2C(=O)N[C@@H](Cc2c[nH]c3ccccc23)C(=O)N[C@@H](CO)C(=O)N[C@@H](Cc2csc3ccccc23)C(=O)N1C. The second kappa shape index (κ2) is 50.7. The summed E-state index contributed by atoms with van der Waals surface area (Å²) in [5.41, 5.74) is 19.7. The zero-order chi connectivity index (χ0) is 97.6. The number of carbonyl (C=O) groups is 17. The van der Waals surface area contributed by atoms with E-state index in [0.29, 0.717) is 59.0 Å². The number of nitrogens with zero attached hydrogens (tertiary/aromatic N) is 5. The minimum atomic E-state index is -1.83. The van der Waals surface area contributed by atoms with Gasteiger partial charge in [0.1, 0.15) is 84.6 Å². The number of thiophene rings is 1. The molecule has 3 aliphatic rings. The molecule has 0 spiro atoms. The highest BCUT2D eigenvalue weighted by atomic mass is 32.2. The molecule has 3 fully saturated rings. The Morgan fingerprint density at radius 3 is 1.68 bits per heavy atom. The van der Waals surface area contributed by atoms with Crippen molar-refractivity contribution in [2.75, 3.05) is 65.4 Å². The first-order chi connectivity index (χ1) is 64.0. The summed E-state index contributed by atoms with van der Waals surface area (Å²) in [4.78, 5) is 263. The lowest BCUT2D eigenvalue weighted by Crippen LogP contribution is -2.62. The highest BCUT2D eigenvalue weighted by Gasteiger charge is 2.46. The number of thioether (sulfide) groups is 1. The monoisotopic (exact) mass is 1890 g/mol. The Morgan fingerprint density at radius 1 is 0.515 bits per heavy atom. The number of nitrogens with two attached hydrogens (primary N) is 3. The fraction of sp³-hybridized carbons (Fsp3) is 0.522. The molecule has 0 aliphatic carbocycles. The molecule has 3 aromatic heterocycles. The summed E-state index contributed by atoms with van der Waals surface area (Å²) >= 11 is 2.17. The Morgan fingerprint density at radius 2 is 1.06 bits per heavy atom. The van der Waals surface area contributed by atoms with Gasteiger partial charge in [-0.1, -0.05) is 120 Å². The van der Waals surface area contributed by atoms with Gasteiger partial charge in [0.2, 0.25) is 100 Å². The number of aliphatic hydroxyl groups is 1.